The van der Waals surface area contributed by atoms with E-state index in [0.29, 0.717) is 44.8 Å². The topological polar surface area (TPSA) is 120 Å². The number of halogens is 1. The highest BCUT2D eigenvalue weighted by atomic mass is 79.9. The fraction of sp³-hybridized carbons (Fsp3) is 0.259. The van der Waals surface area contributed by atoms with Crippen molar-refractivity contribution in [2.45, 2.75) is 19.9 Å². The second kappa shape index (κ2) is 14.2. The van der Waals surface area contributed by atoms with Gasteiger partial charge in [0.15, 0.2) is 23.2 Å². The quantitative estimate of drug-likeness (QED) is 0.115. The molecule has 0 saturated carbocycles. The van der Waals surface area contributed by atoms with Crippen molar-refractivity contribution in [3.8, 4) is 29.6 Å². The molecule has 0 aliphatic carbocycles. The third-order valence-corrected chi connectivity index (χ3v) is 5.99. The molecule has 204 valence electrons. The zero-order valence-corrected chi connectivity index (χ0v) is 23.9. The summed E-state index contributed by atoms with van der Waals surface area (Å²) in [7, 11) is 1.50. The standard InChI is InChI=1S/C27H27BrN4O6S/c1-5-11-37-25-17(12-18(28)13-21(25)35-4)14-29-32-22(33)15-38-20-10-8-7-9-19(20)24-23(26(34)36-6-2)16(3)30-27(39)31-24/h1,7-10,12-14,24H,6,11,15H2,2-4H3,(H,32,33)(H2,30,31,39)/t24-/m1/s1. The van der Waals surface area contributed by atoms with Crippen molar-refractivity contribution in [3.05, 3.63) is 63.3 Å². The van der Waals surface area contributed by atoms with Gasteiger partial charge in [-0.15, -0.1) is 6.42 Å². The lowest BCUT2D eigenvalue weighted by Crippen LogP contribution is -2.45. The summed E-state index contributed by atoms with van der Waals surface area (Å²) in [6.07, 6.45) is 6.72. The van der Waals surface area contributed by atoms with Crippen LogP contribution < -0.4 is 30.3 Å². The molecule has 1 aliphatic rings. The number of benzene rings is 2. The number of ether oxygens (including phenoxy) is 4. The summed E-state index contributed by atoms with van der Waals surface area (Å²) in [5, 5.41) is 10.4. The summed E-state index contributed by atoms with van der Waals surface area (Å²) >= 11 is 8.70. The molecular formula is C27H27BrN4O6S. The molecule has 0 unspecified atom stereocenters. The lowest BCUT2D eigenvalue weighted by atomic mass is 9.95. The predicted molar refractivity (Wildman–Crippen MR) is 154 cm³/mol. The Morgan fingerprint density at radius 3 is 2.74 bits per heavy atom. The van der Waals surface area contributed by atoms with E-state index in [0.717, 1.165) is 4.47 Å². The molecule has 2 aromatic carbocycles. The maximum atomic E-state index is 12.7. The number of hydrogen-bond donors (Lipinski definition) is 3. The first-order valence-corrected chi connectivity index (χ1v) is 12.9. The number of carbonyl (C=O) groups excluding carboxylic acids is 2. The van der Waals surface area contributed by atoms with Crippen molar-refractivity contribution < 1.29 is 28.5 Å². The molecule has 0 radical (unpaired) electrons. The van der Waals surface area contributed by atoms with Gasteiger partial charge in [-0.2, -0.15) is 5.10 Å². The van der Waals surface area contributed by atoms with E-state index in [1.807, 2.05) is 0 Å². The molecular weight excluding hydrogens is 588 g/mol. The summed E-state index contributed by atoms with van der Waals surface area (Å²) < 4.78 is 22.7. The van der Waals surface area contributed by atoms with Crippen molar-refractivity contribution in [2.24, 2.45) is 5.10 Å². The number of para-hydroxylation sites is 1. The number of hydrazone groups is 1. The van der Waals surface area contributed by atoms with E-state index in [4.69, 9.17) is 37.6 Å². The molecule has 39 heavy (non-hydrogen) atoms. The number of carbonyl (C=O) groups is 2. The summed E-state index contributed by atoms with van der Waals surface area (Å²) in [4.78, 5) is 25.2. The van der Waals surface area contributed by atoms with Crippen LogP contribution in [-0.2, 0) is 14.3 Å². The number of rotatable bonds is 11. The van der Waals surface area contributed by atoms with Gasteiger partial charge in [0.2, 0.25) is 0 Å². The highest BCUT2D eigenvalue weighted by Gasteiger charge is 2.32. The van der Waals surface area contributed by atoms with Crippen LogP contribution >= 0.6 is 28.1 Å². The van der Waals surface area contributed by atoms with E-state index in [-0.39, 0.29) is 19.8 Å². The monoisotopic (exact) mass is 614 g/mol. The SMILES string of the molecule is C#CCOc1c(C=NNC(=O)COc2ccccc2[C@H]2NC(=S)NC(C)=C2C(=O)OCC)cc(Br)cc1OC. The van der Waals surface area contributed by atoms with Crippen molar-refractivity contribution >= 4 is 51.4 Å². The van der Waals surface area contributed by atoms with Crippen LogP contribution in [0.25, 0.3) is 0 Å². The Morgan fingerprint density at radius 1 is 1.26 bits per heavy atom. The van der Waals surface area contributed by atoms with Gasteiger partial charge in [-0.3, -0.25) is 4.79 Å². The molecule has 0 spiro atoms. The summed E-state index contributed by atoms with van der Waals surface area (Å²) in [6, 6.07) is 9.85. The van der Waals surface area contributed by atoms with Gasteiger partial charge in [-0.1, -0.05) is 40.0 Å². The average molecular weight is 616 g/mol. The minimum Gasteiger partial charge on any atom is -0.493 e. The molecule has 12 heteroatoms. The molecule has 3 N–H and O–H groups in total. The second-order valence-corrected chi connectivity index (χ2v) is 9.25. The van der Waals surface area contributed by atoms with Gasteiger partial charge in [-0.05, 0) is 44.3 Å². The van der Waals surface area contributed by atoms with E-state index in [9.17, 15) is 9.59 Å². The molecule has 1 heterocycles. The number of allylic oxidation sites excluding steroid dienone is 1. The van der Waals surface area contributed by atoms with Crippen LogP contribution in [0.1, 0.15) is 31.0 Å². The van der Waals surface area contributed by atoms with Crippen LogP contribution in [0, 0.1) is 12.3 Å². The zero-order chi connectivity index (χ0) is 28.4. The van der Waals surface area contributed by atoms with Crippen LogP contribution in [0.5, 0.6) is 17.2 Å². The van der Waals surface area contributed by atoms with Crippen molar-refractivity contribution in [1.82, 2.24) is 16.1 Å². The smallest absolute Gasteiger partial charge is 0.338 e. The van der Waals surface area contributed by atoms with Crippen molar-refractivity contribution in [2.75, 3.05) is 26.9 Å². The van der Waals surface area contributed by atoms with E-state index in [1.165, 1.54) is 13.3 Å². The Hall–Kier alpha value is -4.08. The van der Waals surface area contributed by atoms with Gasteiger partial charge < -0.3 is 29.6 Å². The number of methoxy groups -OCH3 is 1. The zero-order valence-electron chi connectivity index (χ0n) is 21.5. The molecule has 1 aliphatic heterocycles. The van der Waals surface area contributed by atoms with E-state index in [1.54, 1.807) is 50.2 Å². The van der Waals surface area contributed by atoms with Crippen molar-refractivity contribution in [3.63, 3.8) is 0 Å². The van der Waals surface area contributed by atoms with E-state index >= 15 is 0 Å². The third kappa shape index (κ3) is 7.72. The van der Waals surface area contributed by atoms with Gasteiger partial charge >= 0.3 is 5.97 Å². The van der Waals surface area contributed by atoms with Crippen LogP contribution in [0.2, 0.25) is 0 Å². The Labute approximate surface area is 240 Å². The highest BCUT2D eigenvalue weighted by Crippen LogP contribution is 2.35. The average Bonchev–Trinajstić information content (AvgIpc) is 2.90. The first-order valence-electron chi connectivity index (χ1n) is 11.7. The Morgan fingerprint density at radius 2 is 2.03 bits per heavy atom. The lowest BCUT2D eigenvalue weighted by Gasteiger charge is -2.30. The number of nitrogens with zero attached hydrogens (tertiary/aromatic N) is 1. The Kier molecular flexibility index (Phi) is 10.7. The fourth-order valence-electron chi connectivity index (χ4n) is 3.71. The third-order valence-electron chi connectivity index (χ3n) is 5.31. The first-order chi connectivity index (χ1) is 18.8. The van der Waals surface area contributed by atoms with Gasteiger partial charge in [0, 0.05) is 21.3 Å². The van der Waals surface area contributed by atoms with Crippen LogP contribution in [0.3, 0.4) is 0 Å². The summed E-state index contributed by atoms with van der Waals surface area (Å²) in [5.41, 5.74) is 4.49. The predicted octanol–water partition coefficient (Wildman–Crippen LogP) is 3.35. The molecule has 3 rings (SSSR count). The van der Waals surface area contributed by atoms with Crippen LogP contribution in [-0.4, -0.2) is 50.1 Å². The van der Waals surface area contributed by atoms with Gasteiger partial charge in [0.25, 0.3) is 5.91 Å². The maximum absolute atomic E-state index is 12.7. The summed E-state index contributed by atoms with van der Waals surface area (Å²) in [6.45, 7) is 3.37. The van der Waals surface area contributed by atoms with E-state index < -0.39 is 17.9 Å². The molecule has 0 bridgehead atoms. The van der Waals surface area contributed by atoms with Crippen LogP contribution in [0.15, 0.2) is 57.2 Å². The van der Waals surface area contributed by atoms with Gasteiger partial charge in [0.05, 0.1) is 31.5 Å². The maximum Gasteiger partial charge on any atom is 0.338 e. The number of esters is 1. The summed E-state index contributed by atoms with van der Waals surface area (Å²) in [5.74, 6) is 2.62. The number of terminal acetylenes is 1. The Bertz CT molecular complexity index is 1350. The largest absolute Gasteiger partial charge is 0.493 e. The first kappa shape index (κ1) is 29.5. The minimum absolute atomic E-state index is 0.0294. The fourth-order valence-corrected chi connectivity index (χ4v) is 4.44. The number of hydrogen-bond acceptors (Lipinski definition) is 8. The molecule has 0 fully saturated rings. The van der Waals surface area contributed by atoms with E-state index in [2.05, 4.69) is 43.0 Å². The molecule has 0 saturated heterocycles. The second-order valence-electron chi connectivity index (χ2n) is 7.93. The minimum atomic E-state index is -0.636. The number of thiocarbonyl (C=S) groups is 1. The number of nitrogens with one attached hydrogen (secondary N) is 3. The number of amides is 1. The molecule has 1 atom stereocenters. The normalized spacial score (nSPS) is 14.6. The lowest BCUT2D eigenvalue weighted by molar-refractivity contribution is -0.139. The van der Waals surface area contributed by atoms with Crippen LogP contribution in [0.4, 0.5) is 0 Å². The molecule has 10 nitrogen and oxygen atoms in total. The van der Waals surface area contributed by atoms with Gasteiger partial charge in [-0.25, -0.2) is 10.2 Å². The Balaban J connectivity index is 1.74. The molecule has 0 aromatic heterocycles. The van der Waals surface area contributed by atoms with Crippen molar-refractivity contribution in [1.29, 1.82) is 0 Å². The molecule has 1 amide bonds. The highest BCUT2D eigenvalue weighted by molar-refractivity contribution is 9.10. The van der Waals surface area contributed by atoms with Gasteiger partial charge in [0.1, 0.15) is 12.4 Å². The molecule has 2 aromatic rings.